The first-order valence-corrected chi connectivity index (χ1v) is 11.3. The number of fused-ring (bicyclic) bond motifs is 1. The molecule has 0 fully saturated rings. The summed E-state index contributed by atoms with van der Waals surface area (Å²) in [7, 11) is 0. The van der Waals surface area contributed by atoms with Crippen molar-refractivity contribution in [3.63, 3.8) is 0 Å². The van der Waals surface area contributed by atoms with Crippen LogP contribution in [0.5, 0.6) is 0 Å². The van der Waals surface area contributed by atoms with Crippen molar-refractivity contribution in [3.8, 4) is 6.07 Å². The number of amides is 1. The molecule has 0 aliphatic carbocycles. The molecule has 0 bridgehead atoms. The molecule has 7 nitrogen and oxygen atoms in total. The summed E-state index contributed by atoms with van der Waals surface area (Å²) in [6, 6.07) is 26.8. The molecule has 5 aromatic rings. The van der Waals surface area contributed by atoms with Gasteiger partial charge in [0.2, 0.25) is 0 Å². The van der Waals surface area contributed by atoms with Gasteiger partial charge in [-0.05, 0) is 35.9 Å². The van der Waals surface area contributed by atoms with Crippen LogP contribution in [0.25, 0.3) is 10.9 Å². The molecular formula is C28H21FN6O. The zero-order chi connectivity index (χ0) is 24.9. The average Bonchev–Trinajstić information content (AvgIpc) is 3.35. The summed E-state index contributed by atoms with van der Waals surface area (Å²) in [5.74, 6) is -0.178. The van der Waals surface area contributed by atoms with Crippen LogP contribution in [0.4, 0.5) is 4.39 Å². The molecule has 0 N–H and O–H groups in total. The third-order valence-corrected chi connectivity index (χ3v) is 5.89. The fourth-order valence-corrected chi connectivity index (χ4v) is 3.96. The Morgan fingerprint density at radius 2 is 1.72 bits per heavy atom. The van der Waals surface area contributed by atoms with Crippen LogP contribution in [0, 0.1) is 17.1 Å². The summed E-state index contributed by atoms with van der Waals surface area (Å²) < 4.78 is 16.4. The highest BCUT2D eigenvalue weighted by Gasteiger charge is 2.22. The molecule has 0 atom stereocenters. The maximum absolute atomic E-state index is 14.5. The van der Waals surface area contributed by atoms with Gasteiger partial charge >= 0.3 is 0 Å². The highest BCUT2D eigenvalue weighted by molar-refractivity contribution is 5.94. The Hall–Kier alpha value is -4.90. The number of nitrogens with zero attached hydrogens (tertiary/aromatic N) is 6. The Morgan fingerprint density at radius 1 is 0.944 bits per heavy atom. The molecule has 0 unspecified atom stereocenters. The molecule has 5 rings (SSSR count). The standard InChI is InChI=1S/C28H21FN6O/c29-24-7-3-1-6-23(24)17-34(28(36)26-14-13-22-5-2-4-8-25(22)32-26)18-27-33-31-19-35(27)16-21-11-9-20(15-30)10-12-21/h1-14,19H,16-18H2. The predicted octanol–water partition coefficient (Wildman–Crippen LogP) is 4.73. The van der Waals surface area contributed by atoms with Gasteiger partial charge in [0.1, 0.15) is 17.8 Å². The number of nitriles is 1. The molecule has 0 saturated heterocycles. The number of halogens is 1. The minimum Gasteiger partial charge on any atom is -0.325 e. The third-order valence-electron chi connectivity index (χ3n) is 5.89. The molecule has 2 heterocycles. The molecule has 0 saturated carbocycles. The molecule has 0 aliphatic rings. The van der Waals surface area contributed by atoms with E-state index in [1.807, 2.05) is 47.0 Å². The van der Waals surface area contributed by atoms with E-state index < -0.39 is 0 Å². The molecule has 0 aliphatic heterocycles. The van der Waals surface area contributed by atoms with E-state index >= 15 is 0 Å². The molecular weight excluding hydrogens is 455 g/mol. The molecule has 36 heavy (non-hydrogen) atoms. The minimum atomic E-state index is -0.388. The van der Waals surface area contributed by atoms with E-state index in [2.05, 4.69) is 21.3 Å². The summed E-state index contributed by atoms with van der Waals surface area (Å²) in [6.45, 7) is 0.617. The number of benzene rings is 3. The smallest absolute Gasteiger partial charge is 0.273 e. The van der Waals surface area contributed by atoms with Crippen LogP contribution < -0.4 is 0 Å². The van der Waals surface area contributed by atoms with Gasteiger partial charge in [-0.2, -0.15) is 5.26 Å². The number of carbonyl (C=O) groups is 1. The van der Waals surface area contributed by atoms with Crippen molar-refractivity contribution < 1.29 is 9.18 Å². The van der Waals surface area contributed by atoms with Crippen LogP contribution in [0.2, 0.25) is 0 Å². The Kier molecular flexibility index (Phi) is 6.45. The van der Waals surface area contributed by atoms with E-state index in [1.165, 1.54) is 11.0 Å². The van der Waals surface area contributed by atoms with Gasteiger partial charge in [-0.3, -0.25) is 4.79 Å². The largest absolute Gasteiger partial charge is 0.325 e. The second-order valence-corrected chi connectivity index (χ2v) is 8.33. The van der Waals surface area contributed by atoms with Crippen molar-refractivity contribution in [3.05, 3.63) is 125 Å². The Bertz CT molecular complexity index is 1570. The summed E-state index contributed by atoms with van der Waals surface area (Å²) in [5, 5.41) is 18.2. The highest BCUT2D eigenvalue weighted by Crippen LogP contribution is 2.18. The number of aromatic nitrogens is 4. The zero-order valence-electron chi connectivity index (χ0n) is 19.3. The van der Waals surface area contributed by atoms with E-state index in [4.69, 9.17) is 5.26 Å². The Labute approximate surface area is 207 Å². The number of rotatable bonds is 7. The van der Waals surface area contributed by atoms with Gasteiger partial charge < -0.3 is 9.47 Å². The van der Waals surface area contributed by atoms with Crippen LogP contribution in [-0.2, 0) is 19.6 Å². The van der Waals surface area contributed by atoms with Crippen LogP contribution in [0.15, 0.2) is 91.3 Å². The Morgan fingerprint density at radius 3 is 2.53 bits per heavy atom. The quantitative estimate of drug-likeness (QED) is 0.339. The second kappa shape index (κ2) is 10.2. The van der Waals surface area contributed by atoms with Gasteiger partial charge in [0.15, 0.2) is 5.82 Å². The molecule has 8 heteroatoms. The first-order valence-electron chi connectivity index (χ1n) is 11.3. The summed E-state index contributed by atoms with van der Waals surface area (Å²) >= 11 is 0. The molecule has 3 aromatic carbocycles. The summed E-state index contributed by atoms with van der Waals surface area (Å²) in [5.41, 5.74) is 2.90. The lowest BCUT2D eigenvalue weighted by Gasteiger charge is -2.23. The maximum Gasteiger partial charge on any atom is 0.273 e. The topological polar surface area (TPSA) is 87.7 Å². The van der Waals surface area contributed by atoms with Crippen molar-refractivity contribution in [2.24, 2.45) is 0 Å². The van der Waals surface area contributed by atoms with Crippen molar-refractivity contribution in [2.75, 3.05) is 0 Å². The maximum atomic E-state index is 14.5. The summed E-state index contributed by atoms with van der Waals surface area (Å²) in [6.07, 6.45) is 1.59. The number of hydrogen-bond acceptors (Lipinski definition) is 5. The van der Waals surface area contributed by atoms with Crippen LogP contribution in [-0.4, -0.2) is 30.6 Å². The van der Waals surface area contributed by atoms with Gasteiger partial charge in [0.05, 0.1) is 30.2 Å². The van der Waals surface area contributed by atoms with E-state index in [9.17, 15) is 9.18 Å². The summed E-state index contributed by atoms with van der Waals surface area (Å²) in [4.78, 5) is 19.7. The fourth-order valence-electron chi connectivity index (χ4n) is 3.96. The van der Waals surface area contributed by atoms with E-state index in [0.29, 0.717) is 29.0 Å². The van der Waals surface area contributed by atoms with E-state index in [1.54, 1.807) is 42.7 Å². The number of hydrogen-bond donors (Lipinski definition) is 0. The molecule has 0 spiro atoms. The van der Waals surface area contributed by atoms with E-state index in [0.717, 1.165) is 10.9 Å². The molecule has 0 radical (unpaired) electrons. The molecule has 176 valence electrons. The SMILES string of the molecule is N#Cc1ccc(Cn2cnnc2CN(Cc2ccccc2F)C(=O)c2ccc3ccccc3n2)cc1. The van der Waals surface area contributed by atoms with Gasteiger partial charge in [-0.1, -0.05) is 54.6 Å². The Balaban J connectivity index is 1.45. The third kappa shape index (κ3) is 4.95. The lowest BCUT2D eigenvalue weighted by atomic mass is 10.1. The lowest BCUT2D eigenvalue weighted by Crippen LogP contribution is -2.32. The van der Waals surface area contributed by atoms with Crippen LogP contribution >= 0.6 is 0 Å². The highest BCUT2D eigenvalue weighted by atomic mass is 19.1. The normalized spacial score (nSPS) is 10.8. The fraction of sp³-hybridized carbons (Fsp3) is 0.107. The van der Waals surface area contributed by atoms with Crippen LogP contribution in [0.3, 0.4) is 0 Å². The van der Waals surface area contributed by atoms with Crippen molar-refractivity contribution >= 4 is 16.8 Å². The zero-order valence-corrected chi connectivity index (χ0v) is 19.3. The van der Waals surface area contributed by atoms with Crippen molar-refractivity contribution in [1.29, 1.82) is 5.26 Å². The first kappa shape index (κ1) is 22.9. The average molecular weight is 477 g/mol. The number of para-hydroxylation sites is 1. The second-order valence-electron chi connectivity index (χ2n) is 8.33. The van der Waals surface area contributed by atoms with Crippen molar-refractivity contribution in [2.45, 2.75) is 19.6 Å². The molecule has 2 aromatic heterocycles. The van der Waals surface area contributed by atoms with Gasteiger partial charge in [0.25, 0.3) is 5.91 Å². The lowest BCUT2D eigenvalue weighted by molar-refractivity contribution is 0.0716. The number of pyridine rings is 1. The monoisotopic (exact) mass is 476 g/mol. The molecule has 1 amide bonds. The van der Waals surface area contributed by atoms with Gasteiger partial charge in [0, 0.05) is 17.5 Å². The van der Waals surface area contributed by atoms with E-state index in [-0.39, 0.29) is 30.5 Å². The minimum absolute atomic E-state index is 0.0454. The number of carbonyl (C=O) groups excluding carboxylic acids is 1. The predicted molar refractivity (Wildman–Crippen MR) is 132 cm³/mol. The van der Waals surface area contributed by atoms with Crippen molar-refractivity contribution in [1.82, 2.24) is 24.6 Å². The van der Waals surface area contributed by atoms with Crippen LogP contribution in [0.1, 0.15) is 33.0 Å². The first-order chi connectivity index (χ1) is 17.6. The van der Waals surface area contributed by atoms with Gasteiger partial charge in [-0.15, -0.1) is 10.2 Å². The van der Waals surface area contributed by atoms with Gasteiger partial charge in [-0.25, -0.2) is 9.37 Å².